The van der Waals surface area contributed by atoms with Crippen molar-refractivity contribution in [2.75, 3.05) is 14.1 Å². The van der Waals surface area contributed by atoms with E-state index < -0.39 is 0 Å². The van der Waals surface area contributed by atoms with Gasteiger partial charge in [0.1, 0.15) is 0 Å². The number of carbonyl (C=O) groups is 2. The van der Waals surface area contributed by atoms with E-state index in [4.69, 9.17) is 0 Å². The predicted molar refractivity (Wildman–Crippen MR) is 61.5 cm³/mol. The molecule has 0 unspecified atom stereocenters. The average molecular weight is 215 g/mol. The van der Waals surface area contributed by atoms with Crippen LogP contribution in [-0.2, 0) is 0 Å². The van der Waals surface area contributed by atoms with Crippen molar-refractivity contribution in [3.8, 4) is 0 Å². The molecule has 0 saturated heterocycles. The monoisotopic (exact) mass is 215 g/mol. The molecule has 0 aromatic heterocycles. The Labute approximate surface area is 94.4 Å². The molecule has 0 bridgehead atoms. The molecule has 0 amide bonds. The molecule has 0 atom stereocenters. The first kappa shape index (κ1) is 10.6. The summed E-state index contributed by atoms with van der Waals surface area (Å²) in [5, 5.41) is 0. The maximum absolute atomic E-state index is 12.2. The van der Waals surface area contributed by atoms with E-state index in [1.165, 1.54) is 0 Å². The van der Waals surface area contributed by atoms with Crippen LogP contribution in [0.25, 0.3) is 0 Å². The van der Waals surface area contributed by atoms with Gasteiger partial charge < -0.3 is 4.90 Å². The number of benzene rings is 1. The van der Waals surface area contributed by atoms with E-state index in [2.05, 4.69) is 0 Å². The summed E-state index contributed by atoms with van der Waals surface area (Å²) in [7, 11) is 3.55. The number of likely N-dealkylation sites (N-methyl/N-ethyl adjacent to an activating group) is 1. The number of allylic oxidation sites excluding steroid dienone is 2. The van der Waals surface area contributed by atoms with Gasteiger partial charge in [-0.15, -0.1) is 0 Å². The zero-order valence-electron chi connectivity index (χ0n) is 9.57. The number of hydrogen-bond acceptors (Lipinski definition) is 3. The van der Waals surface area contributed by atoms with Crippen LogP contribution in [-0.4, -0.2) is 30.6 Å². The molecule has 1 aliphatic carbocycles. The van der Waals surface area contributed by atoms with Gasteiger partial charge in [0.05, 0.1) is 5.70 Å². The summed E-state index contributed by atoms with van der Waals surface area (Å²) in [5.41, 5.74) is 2.02. The van der Waals surface area contributed by atoms with Crippen molar-refractivity contribution in [3.63, 3.8) is 0 Å². The van der Waals surface area contributed by atoms with Crippen molar-refractivity contribution < 1.29 is 9.59 Å². The first-order chi connectivity index (χ1) is 7.54. The molecule has 0 saturated carbocycles. The normalized spacial score (nSPS) is 15.2. The standard InChI is InChI=1S/C13H13NO2/c1-8-11(14(2)3)13(16)10-7-5-4-6-9(10)12(8)15/h4-7H,1-3H3. The summed E-state index contributed by atoms with van der Waals surface area (Å²) in [6, 6.07) is 6.95. The summed E-state index contributed by atoms with van der Waals surface area (Å²) in [6.07, 6.45) is 0. The van der Waals surface area contributed by atoms with E-state index in [1.807, 2.05) is 0 Å². The zero-order valence-corrected chi connectivity index (χ0v) is 9.57. The van der Waals surface area contributed by atoms with Gasteiger partial charge in [-0.3, -0.25) is 9.59 Å². The van der Waals surface area contributed by atoms with E-state index in [9.17, 15) is 9.59 Å². The van der Waals surface area contributed by atoms with Crippen LogP contribution < -0.4 is 0 Å². The highest BCUT2D eigenvalue weighted by molar-refractivity contribution is 6.26. The molecule has 2 rings (SSSR count). The predicted octanol–water partition coefficient (Wildman–Crippen LogP) is 1.90. The molecule has 0 N–H and O–H groups in total. The summed E-state index contributed by atoms with van der Waals surface area (Å²) in [6.45, 7) is 1.70. The summed E-state index contributed by atoms with van der Waals surface area (Å²) in [5.74, 6) is -0.128. The largest absolute Gasteiger partial charge is 0.374 e. The Balaban J connectivity index is 2.68. The minimum Gasteiger partial charge on any atom is -0.374 e. The van der Waals surface area contributed by atoms with Crippen LogP contribution in [0, 0.1) is 0 Å². The first-order valence-electron chi connectivity index (χ1n) is 5.10. The Bertz CT molecular complexity index is 512. The summed E-state index contributed by atoms with van der Waals surface area (Å²) in [4.78, 5) is 25.9. The zero-order chi connectivity index (χ0) is 11.9. The Kier molecular flexibility index (Phi) is 2.38. The lowest BCUT2D eigenvalue weighted by molar-refractivity contribution is 0.0952. The van der Waals surface area contributed by atoms with Gasteiger partial charge in [0, 0.05) is 30.8 Å². The molecule has 0 aliphatic heterocycles. The second-order valence-electron chi connectivity index (χ2n) is 4.07. The van der Waals surface area contributed by atoms with Gasteiger partial charge in [0.2, 0.25) is 5.78 Å². The molecule has 1 aliphatic rings. The highest BCUT2D eigenvalue weighted by Crippen LogP contribution is 2.26. The number of ketones is 2. The third-order valence-electron chi connectivity index (χ3n) is 2.77. The number of Topliss-reactive ketones (excluding diaryl/α,β-unsaturated/α-hetero) is 2. The first-order valence-corrected chi connectivity index (χ1v) is 5.10. The minimum absolute atomic E-state index is 0.0566. The third kappa shape index (κ3) is 1.36. The van der Waals surface area contributed by atoms with Crippen molar-refractivity contribution >= 4 is 11.6 Å². The fourth-order valence-electron chi connectivity index (χ4n) is 2.03. The van der Waals surface area contributed by atoms with E-state index in [1.54, 1.807) is 50.2 Å². The molecule has 0 radical (unpaired) electrons. The molecule has 3 heteroatoms. The van der Waals surface area contributed by atoms with E-state index in [-0.39, 0.29) is 11.6 Å². The van der Waals surface area contributed by atoms with E-state index >= 15 is 0 Å². The van der Waals surface area contributed by atoms with Crippen molar-refractivity contribution in [1.29, 1.82) is 0 Å². The van der Waals surface area contributed by atoms with Crippen LogP contribution in [0.3, 0.4) is 0 Å². The highest BCUT2D eigenvalue weighted by Gasteiger charge is 2.30. The molecule has 16 heavy (non-hydrogen) atoms. The topological polar surface area (TPSA) is 37.4 Å². The fourth-order valence-corrected chi connectivity index (χ4v) is 2.03. The van der Waals surface area contributed by atoms with Gasteiger partial charge >= 0.3 is 0 Å². The number of carbonyl (C=O) groups excluding carboxylic acids is 2. The minimum atomic E-state index is -0.0716. The third-order valence-corrected chi connectivity index (χ3v) is 2.77. The Morgan fingerprint density at radius 3 is 1.94 bits per heavy atom. The lowest BCUT2D eigenvalue weighted by Gasteiger charge is -2.23. The number of fused-ring (bicyclic) bond motifs is 1. The van der Waals surface area contributed by atoms with Gasteiger partial charge in [-0.2, -0.15) is 0 Å². The Hall–Kier alpha value is -1.90. The van der Waals surface area contributed by atoms with Crippen LogP contribution >= 0.6 is 0 Å². The molecule has 0 spiro atoms. The van der Waals surface area contributed by atoms with E-state index in [0.29, 0.717) is 22.4 Å². The second-order valence-corrected chi connectivity index (χ2v) is 4.07. The van der Waals surface area contributed by atoms with Crippen LogP contribution in [0.4, 0.5) is 0 Å². The number of hydrogen-bond donors (Lipinski definition) is 0. The maximum Gasteiger partial charge on any atom is 0.210 e. The highest BCUT2D eigenvalue weighted by atomic mass is 16.1. The van der Waals surface area contributed by atoms with Gasteiger partial charge in [0.25, 0.3) is 0 Å². The summed E-state index contributed by atoms with van der Waals surface area (Å²) < 4.78 is 0. The van der Waals surface area contributed by atoms with E-state index in [0.717, 1.165) is 0 Å². The van der Waals surface area contributed by atoms with Crippen LogP contribution in [0.2, 0.25) is 0 Å². The molecule has 0 fully saturated rings. The molecule has 0 heterocycles. The Morgan fingerprint density at radius 1 is 0.938 bits per heavy atom. The summed E-state index contributed by atoms with van der Waals surface area (Å²) >= 11 is 0. The lowest BCUT2D eigenvalue weighted by atomic mass is 9.87. The molecule has 1 aromatic rings. The molecule has 3 nitrogen and oxygen atoms in total. The van der Waals surface area contributed by atoms with Gasteiger partial charge in [0.15, 0.2) is 5.78 Å². The van der Waals surface area contributed by atoms with Crippen molar-refractivity contribution in [3.05, 3.63) is 46.7 Å². The van der Waals surface area contributed by atoms with Gasteiger partial charge in [-0.1, -0.05) is 24.3 Å². The fraction of sp³-hybridized carbons (Fsp3) is 0.231. The van der Waals surface area contributed by atoms with Gasteiger partial charge in [-0.25, -0.2) is 0 Å². The van der Waals surface area contributed by atoms with Gasteiger partial charge in [-0.05, 0) is 6.92 Å². The van der Waals surface area contributed by atoms with Crippen molar-refractivity contribution in [1.82, 2.24) is 4.90 Å². The molecular formula is C13H13NO2. The van der Waals surface area contributed by atoms with Crippen molar-refractivity contribution in [2.45, 2.75) is 6.92 Å². The number of rotatable bonds is 1. The SMILES string of the molecule is CC1=C(N(C)C)C(=O)c2ccccc2C1=O. The van der Waals surface area contributed by atoms with Crippen LogP contribution in [0.5, 0.6) is 0 Å². The van der Waals surface area contributed by atoms with Crippen molar-refractivity contribution in [2.24, 2.45) is 0 Å². The molecule has 82 valence electrons. The molecular weight excluding hydrogens is 202 g/mol. The Morgan fingerprint density at radius 2 is 1.44 bits per heavy atom. The van der Waals surface area contributed by atoms with Crippen LogP contribution in [0.15, 0.2) is 35.5 Å². The quantitative estimate of drug-likeness (QED) is 0.718. The second kappa shape index (κ2) is 3.59. The maximum atomic E-state index is 12.2. The van der Waals surface area contributed by atoms with Crippen LogP contribution in [0.1, 0.15) is 27.6 Å². The lowest BCUT2D eigenvalue weighted by Crippen LogP contribution is -2.28. The number of nitrogens with zero attached hydrogens (tertiary/aromatic N) is 1. The average Bonchev–Trinajstić information content (AvgIpc) is 2.26. The smallest absolute Gasteiger partial charge is 0.210 e. The molecule has 1 aromatic carbocycles.